The van der Waals surface area contributed by atoms with Gasteiger partial charge in [-0.2, -0.15) is 0 Å². The van der Waals surface area contributed by atoms with E-state index in [1.54, 1.807) is 12.1 Å². The molecule has 2 nitrogen and oxygen atoms in total. The van der Waals surface area contributed by atoms with Gasteiger partial charge in [-0.25, -0.2) is 4.39 Å². The van der Waals surface area contributed by atoms with Gasteiger partial charge in [-0.1, -0.05) is 44.2 Å². The molecule has 3 N–H and O–H groups in total. The standard InChI is InChI=1S/C15H23FN2/c16-14-8-4-5-9-15(14)18-13(11-17)10-12-6-2-1-3-7-12/h4-5,8-9,12-13,18H,1-3,6-7,10-11,17H2. The Labute approximate surface area is 109 Å². The molecule has 0 aliphatic heterocycles. The van der Waals surface area contributed by atoms with Crippen LogP contribution in [-0.4, -0.2) is 12.6 Å². The molecule has 0 radical (unpaired) electrons. The maximum absolute atomic E-state index is 13.6. The zero-order valence-electron chi connectivity index (χ0n) is 10.9. The molecule has 0 amide bonds. The number of hydrogen-bond acceptors (Lipinski definition) is 2. The number of para-hydroxylation sites is 1. The Kier molecular flexibility index (Phi) is 5.00. The number of hydrogen-bond donors (Lipinski definition) is 2. The highest BCUT2D eigenvalue weighted by Gasteiger charge is 2.18. The van der Waals surface area contributed by atoms with E-state index >= 15 is 0 Å². The van der Waals surface area contributed by atoms with Crippen molar-refractivity contribution in [1.29, 1.82) is 0 Å². The van der Waals surface area contributed by atoms with Crippen molar-refractivity contribution in [3.63, 3.8) is 0 Å². The molecule has 2 rings (SSSR count). The van der Waals surface area contributed by atoms with Gasteiger partial charge in [0.15, 0.2) is 0 Å². The molecular weight excluding hydrogens is 227 g/mol. The van der Waals surface area contributed by atoms with E-state index in [9.17, 15) is 4.39 Å². The van der Waals surface area contributed by atoms with Crippen molar-refractivity contribution in [2.75, 3.05) is 11.9 Å². The molecule has 0 saturated heterocycles. The summed E-state index contributed by atoms with van der Waals surface area (Å²) in [7, 11) is 0. The maximum atomic E-state index is 13.6. The molecule has 3 heteroatoms. The highest BCUT2D eigenvalue weighted by atomic mass is 19.1. The Morgan fingerprint density at radius 1 is 1.22 bits per heavy atom. The van der Waals surface area contributed by atoms with Gasteiger partial charge in [-0.3, -0.25) is 0 Å². The SMILES string of the molecule is NCC(CC1CCCCC1)Nc1ccccc1F. The molecular formula is C15H23FN2. The van der Waals surface area contributed by atoms with Crippen LogP contribution in [0.15, 0.2) is 24.3 Å². The van der Waals surface area contributed by atoms with Crippen molar-refractivity contribution in [2.45, 2.75) is 44.6 Å². The molecule has 1 fully saturated rings. The van der Waals surface area contributed by atoms with Crippen LogP contribution in [0.5, 0.6) is 0 Å². The number of benzene rings is 1. The van der Waals surface area contributed by atoms with Gasteiger partial charge in [-0.05, 0) is 24.5 Å². The van der Waals surface area contributed by atoms with Crippen LogP contribution >= 0.6 is 0 Å². The summed E-state index contributed by atoms with van der Waals surface area (Å²) >= 11 is 0. The first-order valence-corrected chi connectivity index (χ1v) is 7.00. The van der Waals surface area contributed by atoms with Gasteiger partial charge in [0.2, 0.25) is 0 Å². The van der Waals surface area contributed by atoms with Gasteiger partial charge in [0.05, 0.1) is 5.69 Å². The summed E-state index contributed by atoms with van der Waals surface area (Å²) in [4.78, 5) is 0. The van der Waals surface area contributed by atoms with Crippen LogP contribution in [0.4, 0.5) is 10.1 Å². The van der Waals surface area contributed by atoms with Gasteiger partial charge in [0, 0.05) is 12.6 Å². The van der Waals surface area contributed by atoms with Crippen LogP contribution in [0.3, 0.4) is 0 Å². The van der Waals surface area contributed by atoms with E-state index in [4.69, 9.17) is 5.73 Å². The van der Waals surface area contributed by atoms with Crippen LogP contribution in [0.25, 0.3) is 0 Å². The van der Waals surface area contributed by atoms with E-state index < -0.39 is 0 Å². The Bertz CT molecular complexity index is 361. The zero-order valence-corrected chi connectivity index (χ0v) is 10.9. The lowest BCUT2D eigenvalue weighted by Gasteiger charge is -2.27. The second-order valence-electron chi connectivity index (χ2n) is 5.30. The fraction of sp³-hybridized carbons (Fsp3) is 0.600. The van der Waals surface area contributed by atoms with Crippen molar-refractivity contribution in [2.24, 2.45) is 11.7 Å². The minimum Gasteiger partial charge on any atom is -0.379 e. The van der Waals surface area contributed by atoms with Crippen LogP contribution in [0.1, 0.15) is 38.5 Å². The zero-order chi connectivity index (χ0) is 12.8. The second-order valence-corrected chi connectivity index (χ2v) is 5.30. The van der Waals surface area contributed by atoms with Gasteiger partial charge < -0.3 is 11.1 Å². The topological polar surface area (TPSA) is 38.0 Å². The molecule has 1 aromatic carbocycles. The second kappa shape index (κ2) is 6.74. The molecule has 0 heterocycles. The maximum Gasteiger partial charge on any atom is 0.146 e. The van der Waals surface area contributed by atoms with E-state index in [0.29, 0.717) is 12.2 Å². The van der Waals surface area contributed by atoms with Crippen LogP contribution in [0.2, 0.25) is 0 Å². The molecule has 0 bridgehead atoms. The average Bonchev–Trinajstić information content (AvgIpc) is 2.41. The summed E-state index contributed by atoms with van der Waals surface area (Å²) in [6.45, 7) is 0.560. The number of anilines is 1. The van der Waals surface area contributed by atoms with Gasteiger partial charge in [-0.15, -0.1) is 0 Å². The Balaban J connectivity index is 1.90. The first-order valence-electron chi connectivity index (χ1n) is 7.00. The first kappa shape index (κ1) is 13.3. The predicted octanol–water partition coefficient (Wildman–Crippen LogP) is 3.54. The third-order valence-electron chi connectivity index (χ3n) is 3.86. The molecule has 0 aromatic heterocycles. The van der Waals surface area contributed by atoms with Gasteiger partial charge in [0.1, 0.15) is 5.82 Å². The van der Waals surface area contributed by atoms with Crippen molar-refractivity contribution in [1.82, 2.24) is 0 Å². The third-order valence-corrected chi connectivity index (χ3v) is 3.86. The Morgan fingerprint density at radius 3 is 2.61 bits per heavy atom. The predicted molar refractivity (Wildman–Crippen MR) is 74.1 cm³/mol. The van der Waals surface area contributed by atoms with E-state index in [2.05, 4.69) is 5.32 Å². The number of nitrogens with one attached hydrogen (secondary N) is 1. The van der Waals surface area contributed by atoms with Crippen LogP contribution in [0, 0.1) is 11.7 Å². The Hall–Kier alpha value is -1.09. The molecule has 100 valence electrons. The lowest BCUT2D eigenvalue weighted by molar-refractivity contribution is 0.324. The molecule has 1 unspecified atom stereocenters. The van der Waals surface area contributed by atoms with Gasteiger partial charge >= 0.3 is 0 Å². The van der Waals surface area contributed by atoms with Crippen LogP contribution < -0.4 is 11.1 Å². The number of nitrogens with two attached hydrogens (primary N) is 1. The normalized spacial score (nSPS) is 18.6. The third kappa shape index (κ3) is 3.70. The summed E-state index contributed by atoms with van der Waals surface area (Å²) in [5.41, 5.74) is 6.38. The van der Waals surface area contributed by atoms with E-state index in [0.717, 1.165) is 12.3 Å². The monoisotopic (exact) mass is 250 g/mol. The minimum absolute atomic E-state index is 0.185. The summed E-state index contributed by atoms with van der Waals surface area (Å²) in [5, 5.41) is 3.24. The molecule has 1 atom stereocenters. The van der Waals surface area contributed by atoms with Crippen molar-refractivity contribution in [3.8, 4) is 0 Å². The number of halogens is 1. The fourth-order valence-corrected chi connectivity index (χ4v) is 2.84. The van der Waals surface area contributed by atoms with Crippen LogP contribution in [-0.2, 0) is 0 Å². The first-order chi connectivity index (χ1) is 8.79. The van der Waals surface area contributed by atoms with Crippen molar-refractivity contribution >= 4 is 5.69 Å². The van der Waals surface area contributed by atoms with E-state index in [1.165, 1.54) is 38.2 Å². The molecule has 1 aromatic rings. The molecule has 0 spiro atoms. The lowest BCUT2D eigenvalue weighted by Crippen LogP contribution is -2.32. The average molecular weight is 250 g/mol. The fourth-order valence-electron chi connectivity index (χ4n) is 2.84. The van der Waals surface area contributed by atoms with Gasteiger partial charge in [0.25, 0.3) is 0 Å². The Morgan fingerprint density at radius 2 is 1.94 bits per heavy atom. The van der Waals surface area contributed by atoms with Crippen molar-refractivity contribution < 1.29 is 4.39 Å². The largest absolute Gasteiger partial charge is 0.379 e. The minimum atomic E-state index is -0.195. The lowest BCUT2D eigenvalue weighted by atomic mass is 9.85. The molecule has 1 saturated carbocycles. The molecule has 18 heavy (non-hydrogen) atoms. The van der Waals surface area contributed by atoms with E-state index in [1.807, 2.05) is 6.07 Å². The quantitative estimate of drug-likeness (QED) is 0.839. The highest BCUT2D eigenvalue weighted by Crippen LogP contribution is 2.28. The summed E-state index contributed by atoms with van der Waals surface area (Å²) in [5.74, 6) is 0.561. The molecule has 1 aliphatic carbocycles. The van der Waals surface area contributed by atoms with Crippen molar-refractivity contribution in [3.05, 3.63) is 30.1 Å². The summed E-state index contributed by atoms with van der Waals surface area (Å²) < 4.78 is 13.6. The molecule has 1 aliphatic rings. The highest BCUT2D eigenvalue weighted by molar-refractivity contribution is 5.45. The summed E-state index contributed by atoms with van der Waals surface area (Å²) in [6.07, 6.45) is 7.70. The van der Waals surface area contributed by atoms with E-state index in [-0.39, 0.29) is 11.9 Å². The summed E-state index contributed by atoms with van der Waals surface area (Å²) in [6, 6.07) is 7.00. The number of rotatable bonds is 5. The smallest absolute Gasteiger partial charge is 0.146 e.